The average molecular weight is 196 g/mol. The van der Waals surface area contributed by atoms with Gasteiger partial charge in [-0.15, -0.1) is 11.8 Å². The number of aliphatic carboxylic acids is 1. The second-order valence-corrected chi connectivity index (χ2v) is 3.96. The maximum Gasteiger partial charge on any atom is 0.307 e. The van der Waals surface area contributed by atoms with Gasteiger partial charge >= 0.3 is 5.97 Å². The fourth-order valence-electron chi connectivity index (χ4n) is 0.809. The molecule has 0 aliphatic rings. The zero-order valence-corrected chi connectivity index (χ0v) is 8.25. The molecule has 1 unspecified atom stereocenters. The Balaban J connectivity index is 2.39. The highest BCUT2D eigenvalue weighted by atomic mass is 32.2. The van der Waals surface area contributed by atoms with Crippen LogP contribution in [0.1, 0.15) is 6.92 Å². The maximum atomic E-state index is 10.5. The molecule has 0 fully saturated rings. The highest BCUT2D eigenvalue weighted by Crippen LogP contribution is 2.19. The van der Waals surface area contributed by atoms with Crippen molar-refractivity contribution in [3.05, 3.63) is 30.3 Å². The topological polar surface area (TPSA) is 37.3 Å². The molecule has 0 saturated heterocycles. The van der Waals surface area contributed by atoms with Gasteiger partial charge in [-0.1, -0.05) is 25.1 Å². The summed E-state index contributed by atoms with van der Waals surface area (Å²) in [6.07, 6.45) is 0. The van der Waals surface area contributed by atoms with Crippen LogP contribution in [0.5, 0.6) is 0 Å². The summed E-state index contributed by atoms with van der Waals surface area (Å²) < 4.78 is 0. The zero-order valence-electron chi connectivity index (χ0n) is 7.43. The third-order valence-corrected chi connectivity index (χ3v) is 2.94. The van der Waals surface area contributed by atoms with E-state index in [4.69, 9.17) is 5.11 Å². The van der Waals surface area contributed by atoms with Crippen LogP contribution < -0.4 is 0 Å². The lowest BCUT2D eigenvalue weighted by molar-refractivity contribution is -0.140. The van der Waals surface area contributed by atoms with Crippen LogP contribution in [0.2, 0.25) is 0 Å². The second-order valence-electron chi connectivity index (χ2n) is 2.86. The third-order valence-electron chi connectivity index (χ3n) is 1.66. The summed E-state index contributed by atoms with van der Waals surface area (Å²) in [5.41, 5.74) is 0. The Bertz CT molecular complexity index is 272. The molecular formula is C10H12O2S. The van der Waals surface area contributed by atoms with Crippen LogP contribution in [0, 0.1) is 5.92 Å². The predicted molar refractivity (Wildman–Crippen MR) is 54.0 cm³/mol. The summed E-state index contributed by atoms with van der Waals surface area (Å²) in [4.78, 5) is 11.6. The quantitative estimate of drug-likeness (QED) is 0.752. The van der Waals surface area contributed by atoms with Crippen molar-refractivity contribution in [2.24, 2.45) is 5.92 Å². The lowest BCUT2D eigenvalue weighted by atomic mass is 10.2. The minimum absolute atomic E-state index is 0.287. The number of thioether (sulfide) groups is 1. The van der Waals surface area contributed by atoms with E-state index in [9.17, 15) is 4.79 Å². The molecule has 13 heavy (non-hydrogen) atoms. The van der Waals surface area contributed by atoms with Crippen molar-refractivity contribution < 1.29 is 9.90 Å². The summed E-state index contributed by atoms with van der Waals surface area (Å²) in [7, 11) is 0. The van der Waals surface area contributed by atoms with Gasteiger partial charge in [0, 0.05) is 10.6 Å². The van der Waals surface area contributed by atoms with Crippen molar-refractivity contribution in [1.29, 1.82) is 0 Å². The molecule has 1 aromatic rings. The van der Waals surface area contributed by atoms with Gasteiger partial charge < -0.3 is 5.11 Å². The van der Waals surface area contributed by atoms with E-state index in [-0.39, 0.29) is 5.92 Å². The zero-order chi connectivity index (χ0) is 9.68. The summed E-state index contributed by atoms with van der Waals surface area (Å²) in [5, 5.41) is 8.65. The maximum absolute atomic E-state index is 10.5. The summed E-state index contributed by atoms with van der Waals surface area (Å²) in [5.74, 6) is -0.395. The molecule has 0 saturated carbocycles. The molecule has 3 heteroatoms. The van der Waals surface area contributed by atoms with Crippen molar-refractivity contribution >= 4 is 17.7 Å². The predicted octanol–water partition coefficient (Wildman–Crippen LogP) is 2.50. The lowest BCUT2D eigenvalue weighted by Gasteiger charge is -2.04. The molecule has 2 nitrogen and oxygen atoms in total. The molecule has 1 aromatic carbocycles. The number of carboxylic acid groups (broad SMARTS) is 1. The van der Waals surface area contributed by atoms with Crippen LogP contribution >= 0.6 is 11.8 Å². The van der Waals surface area contributed by atoms with Gasteiger partial charge in [-0.25, -0.2) is 0 Å². The largest absolute Gasteiger partial charge is 0.481 e. The van der Waals surface area contributed by atoms with Crippen molar-refractivity contribution in [2.75, 3.05) is 5.75 Å². The standard InChI is InChI=1S/C10H12O2S/c1-8(10(11)12)7-13-9-5-3-2-4-6-9/h2-6,8H,7H2,1H3,(H,11,12). The second kappa shape index (κ2) is 4.92. The van der Waals surface area contributed by atoms with Gasteiger partial charge in [0.1, 0.15) is 0 Å². The summed E-state index contributed by atoms with van der Waals surface area (Å²) in [6, 6.07) is 9.82. The summed E-state index contributed by atoms with van der Waals surface area (Å²) in [6.45, 7) is 1.72. The molecule has 0 aromatic heterocycles. The van der Waals surface area contributed by atoms with Crippen LogP contribution in [0.4, 0.5) is 0 Å². The molecule has 1 N–H and O–H groups in total. The molecule has 1 atom stereocenters. The van der Waals surface area contributed by atoms with Crippen molar-refractivity contribution in [3.63, 3.8) is 0 Å². The molecule has 0 amide bonds. The molecule has 0 aliphatic heterocycles. The fourth-order valence-corrected chi connectivity index (χ4v) is 1.74. The smallest absolute Gasteiger partial charge is 0.307 e. The van der Waals surface area contributed by atoms with Crippen LogP contribution in [0.3, 0.4) is 0 Å². The Kier molecular flexibility index (Phi) is 3.83. The monoisotopic (exact) mass is 196 g/mol. The van der Waals surface area contributed by atoms with Crippen molar-refractivity contribution in [3.8, 4) is 0 Å². The Morgan fingerprint density at radius 3 is 2.62 bits per heavy atom. The van der Waals surface area contributed by atoms with E-state index in [0.717, 1.165) is 4.90 Å². The molecule has 0 heterocycles. The van der Waals surface area contributed by atoms with Gasteiger partial charge in [-0.05, 0) is 12.1 Å². The minimum Gasteiger partial charge on any atom is -0.481 e. The van der Waals surface area contributed by atoms with Crippen molar-refractivity contribution in [2.45, 2.75) is 11.8 Å². The van der Waals surface area contributed by atoms with Crippen LogP contribution in [-0.2, 0) is 4.79 Å². The number of carboxylic acids is 1. The fraction of sp³-hybridized carbons (Fsp3) is 0.300. The number of hydrogen-bond acceptors (Lipinski definition) is 2. The van der Waals surface area contributed by atoms with Crippen LogP contribution in [0.25, 0.3) is 0 Å². The van der Waals surface area contributed by atoms with Gasteiger partial charge in [0.15, 0.2) is 0 Å². The lowest BCUT2D eigenvalue weighted by Crippen LogP contribution is -2.11. The molecule has 0 aliphatic carbocycles. The van der Waals surface area contributed by atoms with Crippen LogP contribution in [-0.4, -0.2) is 16.8 Å². The first-order valence-corrected chi connectivity index (χ1v) is 5.09. The third kappa shape index (κ3) is 3.51. The SMILES string of the molecule is CC(CSc1ccccc1)C(=O)O. The van der Waals surface area contributed by atoms with E-state index in [1.807, 2.05) is 30.3 Å². The first kappa shape index (κ1) is 10.1. The minimum atomic E-state index is -0.733. The van der Waals surface area contributed by atoms with E-state index in [1.54, 1.807) is 18.7 Å². The number of rotatable bonds is 4. The Morgan fingerprint density at radius 2 is 2.08 bits per heavy atom. The molecule has 0 radical (unpaired) electrons. The Hall–Kier alpha value is -0.960. The van der Waals surface area contributed by atoms with Crippen LogP contribution in [0.15, 0.2) is 35.2 Å². The number of hydrogen-bond donors (Lipinski definition) is 1. The van der Waals surface area contributed by atoms with E-state index in [2.05, 4.69) is 0 Å². The first-order valence-electron chi connectivity index (χ1n) is 4.11. The summed E-state index contributed by atoms with van der Waals surface area (Å²) >= 11 is 1.58. The van der Waals surface area contributed by atoms with Gasteiger partial charge in [-0.2, -0.15) is 0 Å². The number of benzene rings is 1. The van der Waals surface area contributed by atoms with E-state index in [0.29, 0.717) is 5.75 Å². The molecular weight excluding hydrogens is 184 g/mol. The highest BCUT2D eigenvalue weighted by molar-refractivity contribution is 7.99. The molecule has 1 rings (SSSR count). The van der Waals surface area contributed by atoms with Gasteiger partial charge in [0.25, 0.3) is 0 Å². The normalized spacial score (nSPS) is 12.4. The van der Waals surface area contributed by atoms with E-state index < -0.39 is 5.97 Å². The Labute approximate surface area is 82.0 Å². The van der Waals surface area contributed by atoms with Gasteiger partial charge in [0.05, 0.1) is 5.92 Å². The number of carbonyl (C=O) groups is 1. The van der Waals surface area contributed by atoms with Gasteiger partial charge in [0.2, 0.25) is 0 Å². The van der Waals surface area contributed by atoms with E-state index >= 15 is 0 Å². The molecule has 0 bridgehead atoms. The van der Waals surface area contributed by atoms with E-state index in [1.165, 1.54) is 0 Å². The molecule has 0 spiro atoms. The Morgan fingerprint density at radius 1 is 1.46 bits per heavy atom. The first-order chi connectivity index (χ1) is 6.20. The molecule has 70 valence electrons. The average Bonchev–Trinajstić information content (AvgIpc) is 2.15. The highest BCUT2D eigenvalue weighted by Gasteiger charge is 2.10. The van der Waals surface area contributed by atoms with Crippen molar-refractivity contribution in [1.82, 2.24) is 0 Å². The van der Waals surface area contributed by atoms with Gasteiger partial charge in [-0.3, -0.25) is 4.79 Å².